The van der Waals surface area contributed by atoms with Gasteiger partial charge >= 0.3 is 0 Å². The van der Waals surface area contributed by atoms with Gasteiger partial charge in [-0.3, -0.25) is 4.99 Å². The van der Waals surface area contributed by atoms with Crippen LogP contribution in [0, 0.1) is 12.8 Å². The molecule has 0 aromatic heterocycles. The monoisotopic (exact) mass is 510 g/mol. The number of sulfonamides is 1. The van der Waals surface area contributed by atoms with Crippen molar-refractivity contribution in [1.82, 2.24) is 14.9 Å². The maximum atomic E-state index is 11.5. The minimum Gasteiger partial charge on any atom is -0.492 e. The highest BCUT2D eigenvalue weighted by Crippen LogP contribution is 2.18. The first-order chi connectivity index (χ1) is 12.4. The zero-order valence-corrected chi connectivity index (χ0v) is 19.4. The first-order valence-electron chi connectivity index (χ1n) is 8.97. The van der Waals surface area contributed by atoms with Gasteiger partial charge in [0.1, 0.15) is 12.4 Å². The Balaban J connectivity index is 0.00000364. The van der Waals surface area contributed by atoms with E-state index in [1.165, 1.54) is 11.8 Å². The Kier molecular flexibility index (Phi) is 10.4. The first kappa shape index (κ1) is 24.0. The second-order valence-corrected chi connectivity index (χ2v) is 8.63. The highest BCUT2D eigenvalue weighted by molar-refractivity contribution is 14.0. The molecule has 1 fully saturated rings. The SMILES string of the molecule is CN=C(NCCOc1ccc(C)cc1)NCC1CCN(S(C)(=O)=O)CC1.I. The van der Waals surface area contributed by atoms with Gasteiger partial charge in [0.2, 0.25) is 10.0 Å². The Hall–Kier alpha value is -1.07. The molecule has 9 heteroatoms. The Morgan fingerprint density at radius 1 is 1.22 bits per heavy atom. The van der Waals surface area contributed by atoms with Gasteiger partial charge in [-0.05, 0) is 37.8 Å². The fraction of sp³-hybridized carbons (Fsp3) is 0.611. The molecule has 7 nitrogen and oxygen atoms in total. The van der Waals surface area contributed by atoms with E-state index >= 15 is 0 Å². The molecule has 0 bridgehead atoms. The summed E-state index contributed by atoms with van der Waals surface area (Å²) >= 11 is 0. The molecule has 1 aliphatic rings. The van der Waals surface area contributed by atoms with Crippen LogP contribution in [0.3, 0.4) is 0 Å². The number of ether oxygens (including phenoxy) is 1. The molecular weight excluding hydrogens is 479 g/mol. The summed E-state index contributed by atoms with van der Waals surface area (Å²) in [5, 5.41) is 6.55. The van der Waals surface area contributed by atoms with Crippen molar-refractivity contribution >= 4 is 40.0 Å². The number of nitrogens with zero attached hydrogens (tertiary/aromatic N) is 2. The summed E-state index contributed by atoms with van der Waals surface area (Å²) in [5.41, 5.74) is 1.21. The lowest BCUT2D eigenvalue weighted by Crippen LogP contribution is -2.44. The van der Waals surface area contributed by atoms with Gasteiger partial charge in [-0.1, -0.05) is 17.7 Å². The largest absolute Gasteiger partial charge is 0.492 e. The Morgan fingerprint density at radius 2 is 1.85 bits per heavy atom. The van der Waals surface area contributed by atoms with Gasteiger partial charge in [0.05, 0.1) is 12.8 Å². The molecule has 1 saturated heterocycles. The number of halogens is 1. The zero-order chi connectivity index (χ0) is 19.0. The van der Waals surface area contributed by atoms with Crippen LogP contribution in [0.25, 0.3) is 0 Å². The van der Waals surface area contributed by atoms with Crippen molar-refractivity contribution in [3.63, 3.8) is 0 Å². The van der Waals surface area contributed by atoms with Crippen molar-refractivity contribution in [3.8, 4) is 5.75 Å². The summed E-state index contributed by atoms with van der Waals surface area (Å²) in [4.78, 5) is 4.22. The average molecular weight is 510 g/mol. The van der Waals surface area contributed by atoms with E-state index in [1.54, 1.807) is 11.4 Å². The number of hydrogen-bond acceptors (Lipinski definition) is 4. The van der Waals surface area contributed by atoms with E-state index in [0.29, 0.717) is 32.2 Å². The number of piperidine rings is 1. The molecule has 0 amide bonds. The molecule has 1 aliphatic heterocycles. The molecule has 0 radical (unpaired) electrons. The van der Waals surface area contributed by atoms with Gasteiger partial charge in [-0.25, -0.2) is 12.7 Å². The predicted molar refractivity (Wildman–Crippen MR) is 121 cm³/mol. The number of benzene rings is 1. The normalized spacial score (nSPS) is 16.5. The van der Waals surface area contributed by atoms with Crippen molar-refractivity contribution in [1.29, 1.82) is 0 Å². The molecule has 1 aromatic rings. The summed E-state index contributed by atoms with van der Waals surface area (Å²) in [7, 11) is -1.32. The molecule has 27 heavy (non-hydrogen) atoms. The quantitative estimate of drug-likeness (QED) is 0.253. The molecule has 154 valence electrons. The summed E-state index contributed by atoms with van der Waals surface area (Å²) in [6.45, 7) is 5.24. The molecular formula is C18H31IN4O3S. The Labute approximate surface area is 180 Å². The third-order valence-corrected chi connectivity index (χ3v) is 5.81. The van der Waals surface area contributed by atoms with E-state index < -0.39 is 10.0 Å². The number of aryl methyl sites for hydroxylation is 1. The molecule has 0 saturated carbocycles. The molecule has 2 N–H and O–H groups in total. The smallest absolute Gasteiger partial charge is 0.211 e. The number of aliphatic imine (C=N–C) groups is 1. The topological polar surface area (TPSA) is 83.0 Å². The summed E-state index contributed by atoms with van der Waals surface area (Å²) in [6, 6.07) is 7.98. The van der Waals surface area contributed by atoms with Gasteiger partial charge < -0.3 is 15.4 Å². The van der Waals surface area contributed by atoms with E-state index in [9.17, 15) is 8.42 Å². The fourth-order valence-corrected chi connectivity index (χ4v) is 3.75. The van der Waals surface area contributed by atoms with Gasteiger partial charge in [0, 0.05) is 26.7 Å². The van der Waals surface area contributed by atoms with Crippen LogP contribution in [-0.2, 0) is 10.0 Å². The lowest BCUT2D eigenvalue weighted by atomic mass is 9.98. The van der Waals surface area contributed by atoms with Crippen molar-refractivity contribution in [2.24, 2.45) is 10.9 Å². The van der Waals surface area contributed by atoms with Crippen LogP contribution in [0.15, 0.2) is 29.3 Å². The van der Waals surface area contributed by atoms with Gasteiger partial charge in [-0.2, -0.15) is 0 Å². The van der Waals surface area contributed by atoms with Crippen molar-refractivity contribution in [2.45, 2.75) is 19.8 Å². The van der Waals surface area contributed by atoms with Gasteiger partial charge in [0.15, 0.2) is 5.96 Å². The highest BCUT2D eigenvalue weighted by atomic mass is 127. The Morgan fingerprint density at radius 3 is 2.41 bits per heavy atom. The number of rotatable bonds is 7. The van der Waals surface area contributed by atoms with Crippen LogP contribution in [0.5, 0.6) is 5.75 Å². The standard InChI is InChI=1S/C18H30N4O3S.HI/c1-15-4-6-17(7-5-15)25-13-10-20-18(19-2)21-14-16-8-11-22(12-9-16)26(3,23)24;/h4-7,16H,8-14H2,1-3H3,(H2,19,20,21);1H. The van der Waals surface area contributed by atoms with E-state index in [-0.39, 0.29) is 24.0 Å². The third kappa shape index (κ3) is 8.65. The van der Waals surface area contributed by atoms with Gasteiger partial charge in [-0.15, -0.1) is 24.0 Å². The van der Waals surface area contributed by atoms with Crippen LogP contribution in [0.2, 0.25) is 0 Å². The molecule has 1 heterocycles. The van der Waals surface area contributed by atoms with Crippen LogP contribution < -0.4 is 15.4 Å². The number of guanidine groups is 1. The van der Waals surface area contributed by atoms with Crippen LogP contribution in [-0.4, -0.2) is 64.8 Å². The van der Waals surface area contributed by atoms with Crippen molar-refractivity contribution in [2.75, 3.05) is 46.1 Å². The molecule has 2 rings (SSSR count). The fourth-order valence-electron chi connectivity index (χ4n) is 2.88. The van der Waals surface area contributed by atoms with Crippen LogP contribution in [0.1, 0.15) is 18.4 Å². The van der Waals surface area contributed by atoms with Gasteiger partial charge in [0.25, 0.3) is 0 Å². The van der Waals surface area contributed by atoms with E-state index in [0.717, 1.165) is 31.1 Å². The maximum absolute atomic E-state index is 11.5. The summed E-state index contributed by atoms with van der Waals surface area (Å²) in [6.07, 6.45) is 3.01. The predicted octanol–water partition coefficient (Wildman–Crippen LogP) is 1.83. The van der Waals surface area contributed by atoms with Crippen LogP contribution >= 0.6 is 24.0 Å². The van der Waals surface area contributed by atoms with E-state index in [4.69, 9.17) is 4.74 Å². The molecule has 0 atom stereocenters. The average Bonchev–Trinajstić information content (AvgIpc) is 2.62. The lowest BCUT2D eigenvalue weighted by molar-refractivity contribution is 0.274. The minimum absolute atomic E-state index is 0. The molecule has 0 aliphatic carbocycles. The first-order valence-corrected chi connectivity index (χ1v) is 10.8. The maximum Gasteiger partial charge on any atom is 0.211 e. The molecule has 0 unspecified atom stereocenters. The zero-order valence-electron chi connectivity index (χ0n) is 16.3. The number of nitrogens with one attached hydrogen (secondary N) is 2. The van der Waals surface area contributed by atoms with Crippen molar-refractivity contribution < 1.29 is 13.2 Å². The minimum atomic E-state index is -3.06. The van der Waals surface area contributed by atoms with Crippen LogP contribution in [0.4, 0.5) is 0 Å². The lowest BCUT2D eigenvalue weighted by Gasteiger charge is -2.30. The number of hydrogen-bond donors (Lipinski definition) is 2. The molecule has 1 aromatic carbocycles. The summed E-state index contributed by atoms with van der Waals surface area (Å²) in [5.74, 6) is 2.05. The highest BCUT2D eigenvalue weighted by Gasteiger charge is 2.24. The van der Waals surface area contributed by atoms with E-state index in [1.807, 2.05) is 31.2 Å². The third-order valence-electron chi connectivity index (χ3n) is 4.51. The second-order valence-electron chi connectivity index (χ2n) is 6.65. The molecule has 0 spiro atoms. The summed E-state index contributed by atoms with van der Waals surface area (Å²) < 4.78 is 30.3. The Bertz CT molecular complexity index is 687. The second kappa shape index (κ2) is 11.7. The van der Waals surface area contributed by atoms with E-state index in [2.05, 4.69) is 15.6 Å². The van der Waals surface area contributed by atoms with Crippen molar-refractivity contribution in [3.05, 3.63) is 29.8 Å².